The van der Waals surface area contributed by atoms with E-state index in [-0.39, 0.29) is 14.9 Å². The van der Waals surface area contributed by atoms with Gasteiger partial charge in [-0.05, 0) is 12.1 Å². The predicted octanol–water partition coefficient (Wildman–Crippen LogP) is -0.0563. The minimum Gasteiger partial charge on any atom is -0.479 e. The minimum absolute atomic E-state index is 0.116. The highest BCUT2D eigenvalue weighted by atomic mass is 32.2. The van der Waals surface area contributed by atoms with Gasteiger partial charge in [0, 0.05) is 12.1 Å². The molecule has 0 fully saturated rings. The number of hydrogen-bond donors (Lipinski definition) is 1. The number of aliphatic carboxylic acids is 1. The summed E-state index contributed by atoms with van der Waals surface area (Å²) in [6.45, 7) is -0.698. The van der Waals surface area contributed by atoms with Gasteiger partial charge < -0.3 is 9.84 Å². The van der Waals surface area contributed by atoms with Gasteiger partial charge in [-0.25, -0.2) is 4.79 Å². The molecule has 0 aliphatic heterocycles. The zero-order chi connectivity index (χ0) is 15.5. The van der Waals surface area contributed by atoms with Crippen LogP contribution in [-0.4, -0.2) is 35.3 Å². The summed E-state index contributed by atoms with van der Waals surface area (Å²) in [5, 5.41) is 12.0. The van der Waals surface area contributed by atoms with Gasteiger partial charge in [0.25, 0.3) is 15.6 Å². The molecule has 2 aromatic rings. The van der Waals surface area contributed by atoms with E-state index in [0.29, 0.717) is 0 Å². The minimum atomic E-state index is -4.17. The van der Waals surface area contributed by atoms with Gasteiger partial charge in [0.15, 0.2) is 6.61 Å². The first-order chi connectivity index (χ1) is 9.91. The van der Waals surface area contributed by atoms with Crippen molar-refractivity contribution in [2.45, 2.75) is 4.90 Å². The van der Waals surface area contributed by atoms with E-state index < -0.39 is 28.2 Å². The number of ether oxygens (including phenoxy) is 1. The van der Waals surface area contributed by atoms with E-state index >= 15 is 0 Å². The molecule has 0 saturated carbocycles. The monoisotopic (exact) mass is 310 g/mol. The first kappa shape index (κ1) is 14.7. The first-order valence-corrected chi connectivity index (χ1v) is 7.11. The van der Waals surface area contributed by atoms with Crippen molar-refractivity contribution in [3.8, 4) is 5.88 Å². The Morgan fingerprint density at radius 2 is 1.86 bits per heavy atom. The number of carboxylic acid groups (broad SMARTS) is 1. The third-order valence-corrected chi connectivity index (χ3v) is 3.94. The Bertz CT molecular complexity index is 813. The lowest BCUT2D eigenvalue weighted by Gasteiger charge is -2.08. The Balaban J connectivity index is 2.46. The Labute approximate surface area is 119 Å². The molecule has 0 bridgehead atoms. The van der Waals surface area contributed by atoms with Gasteiger partial charge in [-0.15, -0.1) is 9.19 Å². The van der Waals surface area contributed by atoms with Crippen LogP contribution in [0.25, 0.3) is 0 Å². The van der Waals surface area contributed by atoms with Crippen LogP contribution in [0.3, 0.4) is 0 Å². The zero-order valence-corrected chi connectivity index (χ0v) is 11.4. The maximum Gasteiger partial charge on any atom is 0.341 e. The maximum atomic E-state index is 12.3. The molecule has 9 heteroatoms. The SMILES string of the molecule is O=C(O)COc1ccc(=O)n(S(=O)(=O)c2ccccc2)n1. The van der Waals surface area contributed by atoms with Gasteiger partial charge >= 0.3 is 5.97 Å². The van der Waals surface area contributed by atoms with Crippen LogP contribution in [0.2, 0.25) is 0 Å². The summed E-state index contributed by atoms with van der Waals surface area (Å²) in [5.74, 6) is -1.53. The number of nitrogens with zero attached hydrogens (tertiary/aromatic N) is 2. The van der Waals surface area contributed by atoms with Crippen molar-refractivity contribution in [3.63, 3.8) is 0 Å². The van der Waals surface area contributed by atoms with Crippen LogP contribution in [0.4, 0.5) is 0 Å². The van der Waals surface area contributed by atoms with Crippen molar-refractivity contribution < 1.29 is 23.1 Å². The van der Waals surface area contributed by atoms with Crippen molar-refractivity contribution in [2.75, 3.05) is 6.61 Å². The van der Waals surface area contributed by atoms with Crippen LogP contribution >= 0.6 is 0 Å². The molecule has 1 aromatic carbocycles. The van der Waals surface area contributed by atoms with Crippen LogP contribution < -0.4 is 10.3 Å². The number of benzene rings is 1. The van der Waals surface area contributed by atoms with Gasteiger partial charge in [-0.3, -0.25) is 4.79 Å². The van der Waals surface area contributed by atoms with E-state index in [2.05, 4.69) is 5.10 Å². The van der Waals surface area contributed by atoms with Crippen molar-refractivity contribution >= 4 is 16.0 Å². The van der Waals surface area contributed by atoms with E-state index in [0.717, 1.165) is 12.1 Å². The molecule has 0 atom stereocenters. The molecule has 1 N–H and O–H groups in total. The Morgan fingerprint density at radius 1 is 1.19 bits per heavy atom. The molecule has 0 unspecified atom stereocenters. The highest BCUT2D eigenvalue weighted by Gasteiger charge is 2.20. The standard InChI is InChI=1S/C12H10N2O6S/c15-11-7-6-10(20-8-12(16)17)13-14(11)21(18,19)9-4-2-1-3-5-9/h1-7H,8H2,(H,16,17). The summed E-state index contributed by atoms with van der Waals surface area (Å²) in [6.07, 6.45) is 0. The lowest BCUT2D eigenvalue weighted by atomic mass is 10.4. The summed E-state index contributed by atoms with van der Waals surface area (Å²) in [7, 11) is -4.17. The topological polar surface area (TPSA) is 116 Å². The molecule has 8 nitrogen and oxygen atoms in total. The summed E-state index contributed by atoms with van der Waals surface area (Å²) < 4.78 is 29.6. The number of aromatic nitrogens is 2. The fourth-order valence-corrected chi connectivity index (χ4v) is 2.64. The van der Waals surface area contributed by atoms with Gasteiger partial charge in [0.05, 0.1) is 4.90 Å². The molecule has 0 aliphatic rings. The summed E-state index contributed by atoms with van der Waals surface area (Å²) in [4.78, 5) is 22.0. The zero-order valence-electron chi connectivity index (χ0n) is 10.5. The fourth-order valence-electron chi connectivity index (χ4n) is 1.46. The highest BCUT2D eigenvalue weighted by molar-refractivity contribution is 7.89. The number of carbonyl (C=O) groups is 1. The Morgan fingerprint density at radius 3 is 2.48 bits per heavy atom. The van der Waals surface area contributed by atoms with Gasteiger partial charge in [0.2, 0.25) is 5.88 Å². The molecule has 2 rings (SSSR count). The van der Waals surface area contributed by atoms with E-state index in [9.17, 15) is 18.0 Å². The molecule has 0 spiro atoms. The summed E-state index contributed by atoms with van der Waals surface area (Å²) >= 11 is 0. The van der Waals surface area contributed by atoms with Crippen LogP contribution in [0.5, 0.6) is 5.88 Å². The second-order valence-electron chi connectivity index (χ2n) is 3.85. The van der Waals surface area contributed by atoms with Gasteiger partial charge in [-0.2, -0.15) is 8.42 Å². The third kappa shape index (κ3) is 3.26. The van der Waals surface area contributed by atoms with Crippen molar-refractivity contribution in [1.82, 2.24) is 9.19 Å². The number of rotatable bonds is 5. The molecule has 1 aromatic heterocycles. The molecule has 21 heavy (non-hydrogen) atoms. The van der Waals surface area contributed by atoms with Crippen LogP contribution in [0.15, 0.2) is 52.2 Å². The average molecular weight is 310 g/mol. The normalized spacial score (nSPS) is 11.0. The van der Waals surface area contributed by atoms with Gasteiger partial charge in [-0.1, -0.05) is 18.2 Å². The lowest BCUT2D eigenvalue weighted by molar-refractivity contribution is -0.139. The smallest absolute Gasteiger partial charge is 0.341 e. The van der Waals surface area contributed by atoms with Gasteiger partial charge in [0.1, 0.15) is 0 Å². The van der Waals surface area contributed by atoms with E-state index in [1.165, 1.54) is 24.3 Å². The lowest BCUT2D eigenvalue weighted by Crippen LogP contribution is -2.29. The molecule has 0 radical (unpaired) electrons. The fraction of sp³-hybridized carbons (Fsp3) is 0.0833. The van der Waals surface area contributed by atoms with Crippen LogP contribution in [0, 0.1) is 0 Å². The van der Waals surface area contributed by atoms with E-state index in [1.54, 1.807) is 6.07 Å². The highest BCUT2D eigenvalue weighted by Crippen LogP contribution is 2.11. The van der Waals surface area contributed by atoms with E-state index in [1.807, 2.05) is 0 Å². The quantitative estimate of drug-likeness (QED) is 0.822. The van der Waals surface area contributed by atoms with Crippen molar-refractivity contribution in [3.05, 3.63) is 52.8 Å². The largest absolute Gasteiger partial charge is 0.479 e. The average Bonchev–Trinajstić information content (AvgIpc) is 2.47. The second kappa shape index (κ2) is 5.75. The Kier molecular flexibility index (Phi) is 4.03. The predicted molar refractivity (Wildman–Crippen MR) is 70.7 cm³/mol. The second-order valence-corrected chi connectivity index (χ2v) is 5.62. The maximum absolute atomic E-state index is 12.3. The molecule has 0 amide bonds. The molecule has 0 aliphatic carbocycles. The summed E-state index contributed by atoms with van der Waals surface area (Å²) in [6, 6.07) is 9.29. The summed E-state index contributed by atoms with van der Waals surface area (Å²) in [5.41, 5.74) is -0.874. The number of hydrogen-bond acceptors (Lipinski definition) is 6. The molecule has 110 valence electrons. The van der Waals surface area contributed by atoms with Crippen molar-refractivity contribution in [2.24, 2.45) is 0 Å². The molecular formula is C12H10N2O6S. The number of carboxylic acids is 1. The van der Waals surface area contributed by atoms with Crippen LogP contribution in [0.1, 0.15) is 0 Å². The van der Waals surface area contributed by atoms with Crippen molar-refractivity contribution in [1.29, 1.82) is 0 Å². The first-order valence-electron chi connectivity index (χ1n) is 5.67. The van der Waals surface area contributed by atoms with Crippen LogP contribution in [-0.2, 0) is 14.8 Å². The Hall–Kier alpha value is -2.68. The third-order valence-electron chi connectivity index (χ3n) is 2.36. The molecule has 0 saturated heterocycles. The molecule has 1 heterocycles. The molecular weight excluding hydrogens is 300 g/mol. The van der Waals surface area contributed by atoms with E-state index in [4.69, 9.17) is 9.84 Å².